The van der Waals surface area contributed by atoms with Crippen LogP contribution in [0.3, 0.4) is 0 Å². The van der Waals surface area contributed by atoms with E-state index in [1.807, 2.05) is 25.1 Å². The molecule has 6 heteroatoms. The summed E-state index contributed by atoms with van der Waals surface area (Å²) in [5.74, 6) is -0.809. The largest absolute Gasteiger partial charge is 0.346 e. The minimum atomic E-state index is -0.308. The van der Waals surface area contributed by atoms with E-state index in [0.717, 1.165) is 19.3 Å². The van der Waals surface area contributed by atoms with Crippen LogP contribution in [0.5, 0.6) is 0 Å². The molecule has 1 atom stereocenters. The first-order chi connectivity index (χ1) is 14.4. The topological polar surface area (TPSA) is 70.9 Å². The lowest BCUT2D eigenvalue weighted by atomic mass is 10.0. The Hall–Kier alpha value is -2.99. The minimum Gasteiger partial charge on any atom is -0.346 e. The number of fused-ring (bicyclic) bond motifs is 1. The van der Waals surface area contributed by atoms with Gasteiger partial charge in [-0.25, -0.2) is 0 Å². The van der Waals surface area contributed by atoms with Crippen molar-refractivity contribution in [3.8, 4) is 0 Å². The molecule has 0 unspecified atom stereocenters. The van der Waals surface area contributed by atoms with Gasteiger partial charge in [-0.05, 0) is 30.2 Å². The van der Waals surface area contributed by atoms with Crippen LogP contribution in [-0.2, 0) is 6.42 Å². The number of benzene rings is 2. The number of amides is 3. The maximum Gasteiger partial charge on any atom is 0.261 e. The minimum absolute atomic E-state index is 0.221. The summed E-state index contributed by atoms with van der Waals surface area (Å²) in [6.45, 7) is 2.95. The number of nitrogens with zero attached hydrogens (tertiary/aromatic N) is 1. The van der Waals surface area contributed by atoms with E-state index in [4.69, 9.17) is 0 Å². The highest BCUT2D eigenvalue weighted by Crippen LogP contribution is 2.24. The van der Waals surface area contributed by atoms with Crippen molar-refractivity contribution in [3.63, 3.8) is 0 Å². The van der Waals surface area contributed by atoms with Crippen molar-refractivity contribution in [1.82, 2.24) is 10.2 Å². The number of carbonyl (C=O) groups excluding carboxylic acids is 3. The van der Waals surface area contributed by atoms with Gasteiger partial charge >= 0.3 is 0 Å². The zero-order valence-electron chi connectivity index (χ0n) is 17.9. The highest BCUT2D eigenvalue weighted by atomic mass is 16.2. The third-order valence-electron chi connectivity index (χ3n) is 5.62. The molecular weight excluding hydrogens is 378 g/mol. The fourth-order valence-electron chi connectivity index (χ4n) is 3.65. The predicted molar refractivity (Wildman–Crippen MR) is 116 cm³/mol. The number of rotatable bonds is 9. The van der Waals surface area contributed by atoms with Crippen molar-refractivity contribution in [2.24, 2.45) is 0 Å². The first kappa shape index (κ1) is 21.7. The van der Waals surface area contributed by atoms with Crippen LogP contribution in [-0.4, -0.2) is 55.8 Å². The van der Waals surface area contributed by atoms with Gasteiger partial charge in [0.25, 0.3) is 17.7 Å². The molecule has 0 aliphatic carbocycles. The predicted octanol–water partition coefficient (Wildman–Crippen LogP) is 1.57. The van der Waals surface area contributed by atoms with Crippen molar-refractivity contribution < 1.29 is 19.3 Å². The van der Waals surface area contributed by atoms with Crippen LogP contribution in [0, 0.1) is 0 Å². The number of quaternary nitrogens is 1. The standard InChI is InChI=1S/C24H29N3O3/c1-4-5-13-27-23(29)20-12-11-18(15-21(20)24(27)30)22(28)25-16-19(26(2)3)14-17-9-7-6-8-10-17/h6-12,15,19H,4-5,13-14,16H2,1-3H3,(H,25,28)/p+1/t19-/m1/s1. The Labute approximate surface area is 177 Å². The summed E-state index contributed by atoms with van der Waals surface area (Å²) in [4.78, 5) is 40.3. The third-order valence-corrected chi connectivity index (χ3v) is 5.62. The third kappa shape index (κ3) is 4.76. The van der Waals surface area contributed by atoms with Gasteiger partial charge < -0.3 is 10.2 Å². The van der Waals surface area contributed by atoms with Gasteiger partial charge in [0, 0.05) is 18.5 Å². The molecule has 0 saturated carbocycles. The molecule has 2 N–H and O–H groups in total. The van der Waals surface area contributed by atoms with E-state index < -0.39 is 0 Å². The number of carbonyl (C=O) groups is 3. The average Bonchev–Trinajstić information content (AvgIpc) is 2.99. The van der Waals surface area contributed by atoms with Crippen molar-refractivity contribution in [2.45, 2.75) is 32.2 Å². The van der Waals surface area contributed by atoms with Crippen molar-refractivity contribution >= 4 is 17.7 Å². The summed E-state index contributed by atoms with van der Waals surface area (Å²) < 4.78 is 0. The van der Waals surface area contributed by atoms with E-state index in [2.05, 4.69) is 31.5 Å². The second kappa shape index (κ2) is 9.67. The van der Waals surface area contributed by atoms with Crippen LogP contribution >= 0.6 is 0 Å². The monoisotopic (exact) mass is 408 g/mol. The Balaban J connectivity index is 1.67. The Morgan fingerprint density at radius 3 is 2.40 bits per heavy atom. The van der Waals surface area contributed by atoms with E-state index >= 15 is 0 Å². The van der Waals surface area contributed by atoms with E-state index in [1.54, 1.807) is 18.2 Å². The Morgan fingerprint density at radius 1 is 1.03 bits per heavy atom. The maximum atomic E-state index is 12.7. The molecule has 1 aliphatic heterocycles. The Kier molecular flexibility index (Phi) is 7.00. The van der Waals surface area contributed by atoms with Crippen molar-refractivity contribution in [3.05, 3.63) is 70.8 Å². The molecule has 1 heterocycles. The highest BCUT2D eigenvalue weighted by Gasteiger charge is 2.35. The lowest BCUT2D eigenvalue weighted by Crippen LogP contribution is -3.11. The number of hydrogen-bond acceptors (Lipinski definition) is 3. The van der Waals surface area contributed by atoms with Crippen molar-refractivity contribution in [1.29, 1.82) is 0 Å². The number of hydrogen-bond donors (Lipinski definition) is 2. The van der Waals surface area contributed by atoms with Crippen LogP contribution in [0.15, 0.2) is 48.5 Å². The average molecular weight is 409 g/mol. The summed E-state index contributed by atoms with van der Waals surface area (Å²) >= 11 is 0. The van der Waals surface area contributed by atoms with Gasteiger partial charge in [0.15, 0.2) is 0 Å². The summed E-state index contributed by atoms with van der Waals surface area (Å²) in [6, 6.07) is 15.2. The number of nitrogens with one attached hydrogen (secondary N) is 2. The summed E-state index contributed by atoms with van der Waals surface area (Å²) in [5.41, 5.74) is 2.33. The summed E-state index contributed by atoms with van der Waals surface area (Å²) in [7, 11) is 4.15. The normalized spacial score (nSPS) is 14.2. The van der Waals surface area contributed by atoms with Crippen LogP contribution in [0.1, 0.15) is 56.4 Å². The molecule has 0 aromatic heterocycles. The molecule has 0 saturated heterocycles. The maximum absolute atomic E-state index is 12.7. The lowest BCUT2D eigenvalue weighted by molar-refractivity contribution is -0.884. The molecular formula is C24H30N3O3+. The molecule has 6 nitrogen and oxygen atoms in total. The van der Waals surface area contributed by atoms with Crippen LogP contribution < -0.4 is 10.2 Å². The first-order valence-electron chi connectivity index (χ1n) is 10.5. The highest BCUT2D eigenvalue weighted by molar-refractivity contribution is 6.22. The van der Waals surface area contributed by atoms with Gasteiger partial charge in [-0.2, -0.15) is 0 Å². The zero-order chi connectivity index (χ0) is 21.7. The quantitative estimate of drug-likeness (QED) is 0.619. The van der Waals surface area contributed by atoms with Crippen LogP contribution in [0.4, 0.5) is 0 Å². The molecule has 0 fully saturated rings. The van der Waals surface area contributed by atoms with Gasteiger partial charge in [-0.3, -0.25) is 19.3 Å². The Morgan fingerprint density at radius 2 is 1.73 bits per heavy atom. The Bertz CT molecular complexity index is 925. The van der Waals surface area contributed by atoms with Gasteiger partial charge in [-0.1, -0.05) is 43.7 Å². The van der Waals surface area contributed by atoms with Gasteiger partial charge in [0.2, 0.25) is 0 Å². The molecule has 1 aliphatic rings. The first-order valence-corrected chi connectivity index (χ1v) is 10.5. The molecule has 3 amide bonds. The van der Waals surface area contributed by atoms with E-state index in [1.165, 1.54) is 15.4 Å². The smallest absolute Gasteiger partial charge is 0.261 e. The molecule has 2 aromatic rings. The van der Waals surface area contributed by atoms with Gasteiger partial charge in [0.1, 0.15) is 6.04 Å². The second-order valence-corrected chi connectivity index (χ2v) is 8.05. The van der Waals surface area contributed by atoms with E-state index in [-0.39, 0.29) is 23.8 Å². The summed E-state index contributed by atoms with van der Waals surface area (Å²) in [6.07, 6.45) is 2.53. The number of likely N-dealkylation sites (N-methyl/N-ethyl adjacent to an activating group) is 1. The SMILES string of the molecule is CCCCN1C(=O)c2ccc(C(=O)NC[C@@H](Cc3ccccc3)[NH+](C)C)cc2C1=O. The number of imide groups is 1. The zero-order valence-corrected chi connectivity index (χ0v) is 17.9. The molecule has 0 radical (unpaired) electrons. The molecule has 30 heavy (non-hydrogen) atoms. The van der Waals surface area contributed by atoms with Crippen LogP contribution in [0.2, 0.25) is 0 Å². The van der Waals surface area contributed by atoms with Crippen molar-refractivity contribution in [2.75, 3.05) is 27.2 Å². The molecule has 0 bridgehead atoms. The fraction of sp³-hybridized carbons (Fsp3) is 0.375. The lowest BCUT2D eigenvalue weighted by Gasteiger charge is -2.22. The number of unbranched alkanes of at least 4 members (excludes halogenated alkanes) is 1. The van der Waals surface area contributed by atoms with Gasteiger partial charge in [-0.15, -0.1) is 0 Å². The van der Waals surface area contributed by atoms with E-state index in [0.29, 0.717) is 29.8 Å². The van der Waals surface area contributed by atoms with Gasteiger partial charge in [0.05, 0.1) is 31.8 Å². The molecule has 3 rings (SSSR count). The molecule has 158 valence electrons. The molecule has 0 spiro atoms. The van der Waals surface area contributed by atoms with E-state index in [9.17, 15) is 14.4 Å². The second-order valence-electron chi connectivity index (χ2n) is 8.05. The summed E-state index contributed by atoms with van der Waals surface area (Å²) in [5, 5.41) is 2.99. The van der Waals surface area contributed by atoms with Crippen LogP contribution in [0.25, 0.3) is 0 Å². The molecule has 2 aromatic carbocycles. The fourth-order valence-corrected chi connectivity index (χ4v) is 3.65.